The topological polar surface area (TPSA) is 252 Å². The van der Waals surface area contributed by atoms with Gasteiger partial charge in [0.25, 0.3) is 17.4 Å². The van der Waals surface area contributed by atoms with Crippen LogP contribution in [-0.2, 0) is 51.9 Å². The highest BCUT2D eigenvalue weighted by Gasteiger charge is 2.28. The van der Waals surface area contributed by atoms with Gasteiger partial charge < -0.3 is 40.7 Å². The van der Waals surface area contributed by atoms with Crippen molar-refractivity contribution in [2.45, 2.75) is 39.3 Å². The van der Waals surface area contributed by atoms with Gasteiger partial charge in [0.1, 0.15) is 11.4 Å². The summed E-state index contributed by atoms with van der Waals surface area (Å²) >= 11 is -2.84. The Hall–Kier alpha value is -7.62. The van der Waals surface area contributed by atoms with E-state index in [0.29, 0.717) is 57.5 Å². The van der Waals surface area contributed by atoms with Gasteiger partial charge in [-0.1, -0.05) is 36.4 Å². The lowest BCUT2D eigenvalue weighted by Crippen LogP contribution is -2.31. The largest absolute Gasteiger partial charge is 0.588 e. The van der Waals surface area contributed by atoms with E-state index in [0.717, 1.165) is 22.1 Å². The maximum absolute atomic E-state index is 13.3. The van der Waals surface area contributed by atoms with Crippen LogP contribution in [0.25, 0.3) is 0 Å². The number of benzene rings is 6. The molecule has 0 fully saturated rings. The van der Waals surface area contributed by atoms with Crippen LogP contribution in [0, 0.1) is 0 Å². The molecule has 8 N–H and O–H groups in total. The minimum absolute atomic E-state index is 0.0663. The second-order valence-electron chi connectivity index (χ2n) is 15.2. The molecule has 16 nitrogen and oxygen atoms in total. The smallest absolute Gasteiger partial charge is 0.325 e. The number of thioether (sulfide) groups is 1. The summed E-state index contributed by atoms with van der Waals surface area (Å²) in [5.74, 6) is -1.53. The zero-order valence-corrected chi connectivity index (χ0v) is 37.9. The number of fused-ring (bicyclic) bond motifs is 1. The van der Waals surface area contributed by atoms with Crippen LogP contribution in [0.1, 0.15) is 37.5 Å². The summed E-state index contributed by atoms with van der Waals surface area (Å²) in [5.41, 5.74) is 4.18. The van der Waals surface area contributed by atoms with E-state index < -0.39 is 51.2 Å². The van der Waals surface area contributed by atoms with Crippen LogP contribution in [0.3, 0.4) is 0 Å². The van der Waals surface area contributed by atoms with Crippen LogP contribution in [-0.4, -0.2) is 48.0 Å². The van der Waals surface area contributed by atoms with E-state index in [1.165, 1.54) is 30.0 Å². The first-order valence-corrected chi connectivity index (χ1v) is 23.7. The molecule has 344 valence electrons. The first kappa shape index (κ1) is 46.9. The third-order valence-electron chi connectivity index (χ3n) is 10.2. The molecule has 0 bridgehead atoms. The van der Waals surface area contributed by atoms with Crippen molar-refractivity contribution in [1.29, 1.82) is 0 Å². The van der Waals surface area contributed by atoms with Gasteiger partial charge in [-0.25, -0.2) is 9.52 Å². The molecule has 1 aliphatic heterocycles. The summed E-state index contributed by atoms with van der Waals surface area (Å²) in [5, 5.41) is 14.0. The molecule has 2 heterocycles. The maximum atomic E-state index is 13.3. The lowest BCUT2D eigenvalue weighted by Gasteiger charge is -2.24. The Bertz CT molecular complexity index is 3110. The van der Waals surface area contributed by atoms with Crippen molar-refractivity contribution in [1.82, 2.24) is 9.97 Å². The lowest BCUT2D eigenvalue weighted by atomic mass is 10.1. The fourth-order valence-corrected chi connectivity index (χ4v) is 9.37. The van der Waals surface area contributed by atoms with Gasteiger partial charge in [-0.15, -0.1) is 11.8 Å². The van der Waals surface area contributed by atoms with Crippen LogP contribution >= 0.6 is 11.8 Å². The summed E-state index contributed by atoms with van der Waals surface area (Å²) in [6.45, 7) is 0.377. The number of halogens is 1. The average molecular weight is 971 g/mol. The number of aromatic nitrogens is 2. The number of hydrogen-bond acceptors (Lipinski definition) is 11. The molecule has 4 amide bonds. The zero-order chi connectivity index (χ0) is 47.7. The molecule has 68 heavy (non-hydrogen) atoms. The second kappa shape index (κ2) is 21.3. The number of nitrogens with one attached hydrogen (secondary N) is 8. The molecule has 20 heteroatoms. The Balaban J connectivity index is 0.796. The monoisotopic (exact) mass is 970 g/mol. The minimum Gasteiger partial charge on any atom is -0.588 e. The predicted molar refractivity (Wildman–Crippen MR) is 261 cm³/mol. The van der Waals surface area contributed by atoms with E-state index in [9.17, 15) is 41.8 Å². The van der Waals surface area contributed by atoms with E-state index in [1.54, 1.807) is 103 Å². The fourth-order valence-electron chi connectivity index (χ4n) is 6.98. The van der Waals surface area contributed by atoms with Crippen molar-refractivity contribution in [2.24, 2.45) is 0 Å². The quantitative estimate of drug-likeness (QED) is 0.0452. The van der Waals surface area contributed by atoms with Crippen LogP contribution in [0.4, 0.5) is 38.0 Å². The molecule has 3 atom stereocenters. The first-order chi connectivity index (χ1) is 32.8. The standard InChI is InChI=1S/C48H39FN8O8S3/c49-67(64)39-9-3-6-34(24-39)50-27-29-4-1-7-35(20-29)53-46(61)31-12-19-41-40(23-31)55-47(62)42(66-41)21-28-10-13-33(14-11-28)57-68(65)38-17-15-32(16-18-38)52-45(60)30-5-2-8-36(22-30)51-43(58)25-37-26-44(59)56-48(63)54-37/h1-20,22-24,26,42,50,57H,21,25,27H2,(H,51,58)(H,52,60)(H,53,61)(H,55,62)(H2,54,56,59,63). The third-order valence-corrected chi connectivity index (χ3v) is 13.3. The highest BCUT2D eigenvalue weighted by molar-refractivity contribution is 8.01. The number of anilines is 6. The summed E-state index contributed by atoms with van der Waals surface area (Å²) < 4.78 is 40.6. The molecule has 1 aliphatic rings. The van der Waals surface area contributed by atoms with Crippen molar-refractivity contribution in [3.8, 4) is 0 Å². The minimum atomic E-state index is -2.59. The lowest BCUT2D eigenvalue weighted by molar-refractivity contribution is -0.116. The first-order valence-electron chi connectivity index (χ1n) is 20.7. The SMILES string of the molecule is O=C(Cc1cc(=O)[nH]c(=O)[nH]1)Nc1cccc(C(=O)Nc2ccc([S+]([O-])Nc3ccc(CC4Sc5ccc(C(=O)Nc6cccc(CNc7cccc([S+]([O-])F)c7)c6)cc5NC4=O)cc3)cc2)c1. The van der Waals surface area contributed by atoms with Crippen molar-refractivity contribution in [3.05, 3.63) is 194 Å². The molecule has 3 unspecified atom stereocenters. The number of rotatable bonds is 16. The Morgan fingerprint density at radius 1 is 0.632 bits per heavy atom. The van der Waals surface area contributed by atoms with Gasteiger partial charge in [-0.2, -0.15) is 0 Å². The van der Waals surface area contributed by atoms with Gasteiger partial charge in [0, 0.05) is 67.0 Å². The molecule has 6 aromatic carbocycles. The highest BCUT2D eigenvalue weighted by atomic mass is 32.3. The van der Waals surface area contributed by atoms with Gasteiger partial charge >= 0.3 is 5.69 Å². The number of hydrogen-bond donors (Lipinski definition) is 8. The molecule has 1 aromatic heterocycles. The number of H-pyrrole nitrogens is 2. The summed E-state index contributed by atoms with van der Waals surface area (Å²) in [4.78, 5) is 80.8. The average Bonchev–Trinajstić information content (AvgIpc) is 3.31. The predicted octanol–water partition coefficient (Wildman–Crippen LogP) is 7.14. The van der Waals surface area contributed by atoms with Crippen LogP contribution < -0.4 is 42.6 Å². The third kappa shape index (κ3) is 12.4. The van der Waals surface area contributed by atoms with Crippen LogP contribution in [0.5, 0.6) is 0 Å². The summed E-state index contributed by atoms with van der Waals surface area (Å²) in [7, 11) is 0. The number of amides is 4. The number of carbonyl (C=O) groups excluding carboxylic acids is 4. The fraction of sp³-hybridized carbons (Fsp3) is 0.0833. The normalized spacial score (nSPS) is 13.8. The zero-order valence-electron chi connectivity index (χ0n) is 35.4. The molecule has 0 radical (unpaired) electrons. The molecule has 0 spiro atoms. The molecule has 8 rings (SSSR count). The van der Waals surface area contributed by atoms with E-state index in [2.05, 4.69) is 36.3 Å². The molecule has 0 saturated carbocycles. The Labute approximate surface area is 397 Å². The summed E-state index contributed by atoms with van der Waals surface area (Å²) in [6.07, 6.45) is 0.157. The van der Waals surface area contributed by atoms with Crippen molar-refractivity contribution in [3.63, 3.8) is 0 Å². The van der Waals surface area contributed by atoms with Crippen molar-refractivity contribution in [2.75, 3.05) is 31.3 Å². The molecule has 7 aromatic rings. The number of carbonyl (C=O) groups is 4. The van der Waals surface area contributed by atoms with Gasteiger partial charge in [0.2, 0.25) is 23.4 Å². The van der Waals surface area contributed by atoms with E-state index in [-0.39, 0.29) is 34.4 Å². The van der Waals surface area contributed by atoms with E-state index >= 15 is 0 Å². The van der Waals surface area contributed by atoms with Crippen molar-refractivity contribution < 1.29 is 32.2 Å². The molecule has 0 saturated heterocycles. The molecule has 0 aliphatic carbocycles. The Morgan fingerprint density at radius 2 is 1.31 bits per heavy atom. The molecular weight excluding hydrogens is 932 g/mol. The van der Waals surface area contributed by atoms with E-state index in [4.69, 9.17) is 0 Å². The van der Waals surface area contributed by atoms with Crippen LogP contribution in [0.15, 0.2) is 170 Å². The van der Waals surface area contributed by atoms with Crippen molar-refractivity contribution >= 4 is 92.4 Å². The van der Waals surface area contributed by atoms with Gasteiger partial charge in [-0.3, -0.25) is 29.0 Å². The van der Waals surface area contributed by atoms with Crippen LogP contribution in [0.2, 0.25) is 0 Å². The second-order valence-corrected chi connectivity index (χ2v) is 18.6. The Kier molecular flexibility index (Phi) is 14.7. The van der Waals surface area contributed by atoms with Gasteiger partial charge in [-0.05, 0) is 115 Å². The maximum Gasteiger partial charge on any atom is 0.325 e. The Morgan fingerprint density at radius 3 is 2.06 bits per heavy atom. The molecular formula is C48H39FN8O8S3. The van der Waals surface area contributed by atoms with Gasteiger partial charge in [0.05, 0.1) is 23.0 Å². The number of aromatic amines is 2. The van der Waals surface area contributed by atoms with E-state index in [1.807, 2.05) is 23.2 Å². The summed E-state index contributed by atoms with van der Waals surface area (Å²) in [6, 6.07) is 39.7. The van der Waals surface area contributed by atoms with Gasteiger partial charge in [0.15, 0.2) is 9.79 Å². The highest BCUT2D eigenvalue weighted by Crippen LogP contribution is 2.38.